The smallest absolute Gasteiger partial charge is 0.140 e. The molecule has 0 spiro atoms. The second-order valence-electron chi connectivity index (χ2n) is 3.65. The minimum atomic E-state index is 0.855. The lowest BCUT2D eigenvalue weighted by Gasteiger charge is -2.10. The van der Waals surface area contributed by atoms with Crippen LogP contribution in [-0.4, -0.2) is 7.11 Å². The second kappa shape index (κ2) is 5.19. The molecule has 0 bridgehead atoms. The molecule has 0 saturated heterocycles. The fourth-order valence-electron chi connectivity index (χ4n) is 1.78. The molecule has 0 saturated carbocycles. The molecule has 0 amide bonds. The average Bonchev–Trinajstić information content (AvgIpc) is 2.38. The molecule has 0 aliphatic rings. The number of ether oxygens (including phenoxy) is 1. The number of halogens is 1. The zero-order valence-electron chi connectivity index (χ0n) is 9.61. The van der Waals surface area contributed by atoms with Crippen LogP contribution in [0.3, 0.4) is 0 Å². The molecule has 0 atom stereocenters. The topological polar surface area (TPSA) is 9.23 Å². The Labute approximate surface area is 110 Å². The molecule has 0 radical (unpaired) electrons. The molecule has 0 aliphatic heterocycles. The summed E-state index contributed by atoms with van der Waals surface area (Å²) in [7, 11) is 1.68. The maximum Gasteiger partial charge on any atom is 0.140 e. The van der Waals surface area contributed by atoms with E-state index in [-0.39, 0.29) is 0 Å². The fraction of sp³-hybridized carbons (Fsp3) is 0.0667. The number of para-hydroxylation sites is 1. The van der Waals surface area contributed by atoms with E-state index in [4.69, 9.17) is 4.74 Å². The van der Waals surface area contributed by atoms with Crippen molar-refractivity contribution in [1.82, 2.24) is 0 Å². The summed E-state index contributed by atoms with van der Waals surface area (Å²) < 4.78 is 6.39. The highest BCUT2D eigenvalue weighted by Crippen LogP contribution is 2.36. The van der Waals surface area contributed by atoms with Crippen LogP contribution in [-0.2, 0) is 0 Å². The SMILES string of the molecule is C=Cc1cccc(-c2cccc(Br)c2OC)c1. The molecular weight excluding hydrogens is 276 g/mol. The van der Waals surface area contributed by atoms with Gasteiger partial charge in [-0.05, 0) is 39.2 Å². The normalized spacial score (nSPS) is 10.0. The molecular formula is C15H13BrO. The van der Waals surface area contributed by atoms with Gasteiger partial charge in [0, 0.05) is 5.56 Å². The Morgan fingerprint density at radius 3 is 2.65 bits per heavy atom. The number of rotatable bonds is 3. The van der Waals surface area contributed by atoms with Crippen LogP contribution in [0, 0.1) is 0 Å². The third kappa shape index (κ3) is 2.42. The molecule has 0 aromatic heterocycles. The highest BCUT2D eigenvalue weighted by atomic mass is 79.9. The maximum absolute atomic E-state index is 5.43. The molecule has 0 unspecified atom stereocenters. The van der Waals surface area contributed by atoms with Gasteiger partial charge in [0.15, 0.2) is 0 Å². The molecule has 0 heterocycles. The molecule has 0 aliphatic carbocycles. The zero-order chi connectivity index (χ0) is 12.3. The third-order valence-corrected chi connectivity index (χ3v) is 3.23. The van der Waals surface area contributed by atoms with Gasteiger partial charge in [-0.3, -0.25) is 0 Å². The lowest BCUT2D eigenvalue weighted by molar-refractivity contribution is 0.414. The maximum atomic E-state index is 5.43. The molecule has 2 rings (SSSR count). The van der Waals surface area contributed by atoms with Gasteiger partial charge in [-0.25, -0.2) is 0 Å². The van der Waals surface area contributed by atoms with Crippen molar-refractivity contribution in [3.05, 3.63) is 59.1 Å². The Kier molecular flexibility index (Phi) is 3.64. The predicted octanol–water partition coefficient (Wildman–Crippen LogP) is 4.77. The van der Waals surface area contributed by atoms with Crippen LogP contribution in [0.25, 0.3) is 17.2 Å². The van der Waals surface area contributed by atoms with Gasteiger partial charge in [-0.15, -0.1) is 0 Å². The molecule has 2 aromatic carbocycles. The molecule has 2 aromatic rings. The van der Waals surface area contributed by atoms with E-state index in [0.29, 0.717) is 0 Å². The summed E-state index contributed by atoms with van der Waals surface area (Å²) >= 11 is 3.50. The van der Waals surface area contributed by atoms with Gasteiger partial charge in [0.1, 0.15) is 5.75 Å². The van der Waals surface area contributed by atoms with E-state index in [9.17, 15) is 0 Å². The fourth-order valence-corrected chi connectivity index (χ4v) is 2.30. The first-order valence-corrected chi connectivity index (χ1v) is 6.11. The summed E-state index contributed by atoms with van der Waals surface area (Å²) in [6.45, 7) is 3.79. The predicted molar refractivity (Wildman–Crippen MR) is 76.2 cm³/mol. The standard InChI is InChI=1S/C15H13BrO/c1-3-11-6-4-7-12(10-11)13-8-5-9-14(16)15(13)17-2/h3-10H,1H2,2H3. The van der Waals surface area contributed by atoms with Crippen molar-refractivity contribution in [3.63, 3.8) is 0 Å². The van der Waals surface area contributed by atoms with Crippen LogP contribution in [0.5, 0.6) is 5.75 Å². The van der Waals surface area contributed by atoms with E-state index in [1.807, 2.05) is 36.4 Å². The Balaban J connectivity index is 2.59. The lowest BCUT2D eigenvalue weighted by Crippen LogP contribution is -1.89. The van der Waals surface area contributed by atoms with Gasteiger partial charge >= 0.3 is 0 Å². The van der Waals surface area contributed by atoms with Crippen LogP contribution < -0.4 is 4.74 Å². The van der Waals surface area contributed by atoms with E-state index >= 15 is 0 Å². The lowest BCUT2D eigenvalue weighted by atomic mass is 10.0. The Bertz CT molecular complexity index is 546. The summed E-state index contributed by atoms with van der Waals surface area (Å²) in [6.07, 6.45) is 1.84. The second-order valence-corrected chi connectivity index (χ2v) is 4.50. The van der Waals surface area contributed by atoms with E-state index < -0.39 is 0 Å². The third-order valence-electron chi connectivity index (χ3n) is 2.60. The summed E-state index contributed by atoms with van der Waals surface area (Å²) in [6, 6.07) is 14.2. The monoisotopic (exact) mass is 288 g/mol. The molecule has 0 fully saturated rings. The summed E-state index contributed by atoms with van der Waals surface area (Å²) in [5.41, 5.74) is 3.30. The van der Waals surface area contributed by atoms with Crippen LogP contribution >= 0.6 is 15.9 Å². The van der Waals surface area contributed by atoms with E-state index in [1.54, 1.807) is 7.11 Å². The summed E-state index contributed by atoms with van der Waals surface area (Å²) in [5.74, 6) is 0.855. The van der Waals surface area contributed by atoms with Crippen molar-refractivity contribution in [2.45, 2.75) is 0 Å². The Morgan fingerprint density at radius 2 is 1.94 bits per heavy atom. The summed E-state index contributed by atoms with van der Waals surface area (Å²) in [5, 5.41) is 0. The molecule has 17 heavy (non-hydrogen) atoms. The van der Waals surface area contributed by atoms with Gasteiger partial charge < -0.3 is 4.74 Å². The number of hydrogen-bond donors (Lipinski definition) is 0. The summed E-state index contributed by atoms with van der Waals surface area (Å²) in [4.78, 5) is 0. The van der Waals surface area contributed by atoms with Crippen molar-refractivity contribution < 1.29 is 4.74 Å². The first-order chi connectivity index (χ1) is 8.26. The minimum absolute atomic E-state index is 0.855. The van der Waals surface area contributed by atoms with Crippen LogP contribution in [0.4, 0.5) is 0 Å². The molecule has 0 N–H and O–H groups in total. The average molecular weight is 289 g/mol. The molecule has 2 heteroatoms. The molecule has 1 nitrogen and oxygen atoms in total. The van der Waals surface area contributed by atoms with Gasteiger partial charge in [0.25, 0.3) is 0 Å². The van der Waals surface area contributed by atoms with E-state index in [1.165, 1.54) is 0 Å². The minimum Gasteiger partial charge on any atom is -0.495 e. The van der Waals surface area contributed by atoms with Crippen molar-refractivity contribution in [2.75, 3.05) is 7.11 Å². The largest absolute Gasteiger partial charge is 0.495 e. The van der Waals surface area contributed by atoms with Crippen molar-refractivity contribution in [3.8, 4) is 16.9 Å². The highest BCUT2D eigenvalue weighted by molar-refractivity contribution is 9.10. The van der Waals surface area contributed by atoms with E-state index in [2.05, 4.69) is 34.6 Å². The van der Waals surface area contributed by atoms with Gasteiger partial charge in [-0.1, -0.05) is 43.0 Å². The van der Waals surface area contributed by atoms with E-state index in [0.717, 1.165) is 26.9 Å². The van der Waals surface area contributed by atoms with Crippen molar-refractivity contribution in [2.24, 2.45) is 0 Å². The van der Waals surface area contributed by atoms with Crippen LogP contribution in [0.15, 0.2) is 53.5 Å². The number of methoxy groups -OCH3 is 1. The number of benzene rings is 2. The zero-order valence-corrected chi connectivity index (χ0v) is 11.2. The molecule has 86 valence electrons. The van der Waals surface area contributed by atoms with Gasteiger partial charge in [0.2, 0.25) is 0 Å². The first-order valence-electron chi connectivity index (χ1n) is 5.31. The van der Waals surface area contributed by atoms with Crippen LogP contribution in [0.2, 0.25) is 0 Å². The van der Waals surface area contributed by atoms with Crippen molar-refractivity contribution >= 4 is 22.0 Å². The van der Waals surface area contributed by atoms with Crippen molar-refractivity contribution in [1.29, 1.82) is 0 Å². The van der Waals surface area contributed by atoms with Gasteiger partial charge in [-0.2, -0.15) is 0 Å². The Hall–Kier alpha value is -1.54. The highest BCUT2D eigenvalue weighted by Gasteiger charge is 2.08. The number of hydrogen-bond acceptors (Lipinski definition) is 1. The quantitative estimate of drug-likeness (QED) is 0.791. The first kappa shape index (κ1) is 11.9. The van der Waals surface area contributed by atoms with Crippen LogP contribution in [0.1, 0.15) is 5.56 Å². The van der Waals surface area contributed by atoms with Gasteiger partial charge in [0.05, 0.1) is 11.6 Å². The Morgan fingerprint density at radius 1 is 1.18 bits per heavy atom.